The van der Waals surface area contributed by atoms with Crippen molar-refractivity contribution in [3.05, 3.63) is 35.4 Å². The molecular formula is C15H26N2O. The molecule has 3 heteroatoms. The fourth-order valence-corrected chi connectivity index (χ4v) is 2.03. The van der Waals surface area contributed by atoms with Gasteiger partial charge in [0, 0.05) is 13.2 Å². The van der Waals surface area contributed by atoms with Gasteiger partial charge in [-0.3, -0.25) is 11.3 Å². The molecule has 0 aromatic heterocycles. The summed E-state index contributed by atoms with van der Waals surface area (Å²) in [5, 5.41) is 0. The van der Waals surface area contributed by atoms with Gasteiger partial charge in [-0.25, -0.2) is 0 Å². The molecular weight excluding hydrogens is 224 g/mol. The molecule has 18 heavy (non-hydrogen) atoms. The van der Waals surface area contributed by atoms with E-state index in [1.54, 1.807) is 7.11 Å². The zero-order valence-corrected chi connectivity index (χ0v) is 11.9. The fraction of sp³-hybridized carbons (Fsp3) is 0.600. The molecule has 0 radical (unpaired) electrons. The minimum absolute atomic E-state index is 0.223. The first kappa shape index (κ1) is 15.2. The van der Waals surface area contributed by atoms with E-state index in [-0.39, 0.29) is 12.1 Å². The molecule has 1 aromatic carbocycles. The smallest absolute Gasteiger partial charge is 0.0558 e. The highest BCUT2D eigenvalue weighted by molar-refractivity contribution is 5.25. The van der Waals surface area contributed by atoms with Crippen molar-refractivity contribution < 1.29 is 4.74 Å². The number of nitrogens with one attached hydrogen (secondary N) is 1. The first-order chi connectivity index (χ1) is 8.56. The molecule has 0 saturated heterocycles. The lowest BCUT2D eigenvalue weighted by Gasteiger charge is -2.19. The second-order valence-electron chi connectivity index (χ2n) is 5.25. The third kappa shape index (κ3) is 4.77. The zero-order valence-electron chi connectivity index (χ0n) is 11.9. The maximum Gasteiger partial charge on any atom is 0.0558 e. The van der Waals surface area contributed by atoms with Crippen LogP contribution >= 0.6 is 0 Å². The molecule has 102 valence electrons. The third-order valence-electron chi connectivity index (χ3n) is 3.38. The summed E-state index contributed by atoms with van der Waals surface area (Å²) in [5.41, 5.74) is 5.56. The van der Waals surface area contributed by atoms with E-state index >= 15 is 0 Å². The number of benzene rings is 1. The summed E-state index contributed by atoms with van der Waals surface area (Å²) in [7, 11) is 1.73. The Labute approximate surface area is 111 Å². The molecule has 2 atom stereocenters. The van der Waals surface area contributed by atoms with Gasteiger partial charge in [-0.2, -0.15) is 0 Å². The van der Waals surface area contributed by atoms with E-state index in [0.717, 1.165) is 12.8 Å². The molecule has 0 saturated carbocycles. The van der Waals surface area contributed by atoms with Crippen LogP contribution in [0.1, 0.15) is 44.2 Å². The summed E-state index contributed by atoms with van der Waals surface area (Å²) < 4.78 is 5.28. The number of nitrogens with two attached hydrogens (primary N) is 1. The van der Waals surface area contributed by atoms with Crippen LogP contribution in [0.3, 0.4) is 0 Å². The summed E-state index contributed by atoms with van der Waals surface area (Å²) in [5.74, 6) is 6.18. The third-order valence-corrected chi connectivity index (χ3v) is 3.38. The SMILES string of the molecule is COC(C)CC(Cc1ccc(C(C)C)cc1)NN. The lowest BCUT2D eigenvalue weighted by atomic mass is 9.97. The summed E-state index contributed by atoms with van der Waals surface area (Å²) in [4.78, 5) is 0. The topological polar surface area (TPSA) is 47.3 Å². The number of methoxy groups -OCH3 is 1. The van der Waals surface area contributed by atoms with Crippen molar-refractivity contribution in [3.8, 4) is 0 Å². The normalized spacial score (nSPS) is 14.8. The Morgan fingerprint density at radius 2 is 1.78 bits per heavy atom. The van der Waals surface area contributed by atoms with Gasteiger partial charge in [0.1, 0.15) is 0 Å². The zero-order chi connectivity index (χ0) is 13.5. The van der Waals surface area contributed by atoms with Gasteiger partial charge < -0.3 is 4.74 Å². The van der Waals surface area contributed by atoms with Crippen LogP contribution < -0.4 is 11.3 Å². The highest BCUT2D eigenvalue weighted by Crippen LogP contribution is 2.16. The second-order valence-corrected chi connectivity index (χ2v) is 5.25. The minimum atomic E-state index is 0.223. The van der Waals surface area contributed by atoms with Gasteiger partial charge in [0.05, 0.1) is 6.10 Å². The Kier molecular flexibility index (Phi) is 6.33. The van der Waals surface area contributed by atoms with E-state index in [4.69, 9.17) is 10.6 Å². The van der Waals surface area contributed by atoms with E-state index in [1.807, 2.05) is 0 Å². The monoisotopic (exact) mass is 250 g/mol. The molecule has 0 heterocycles. The maximum absolute atomic E-state index is 5.60. The van der Waals surface area contributed by atoms with Crippen LogP contribution in [-0.2, 0) is 11.2 Å². The number of hydrogen-bond acceptors (Lipinski definition) is 3. The second kappa shape index (κ2) is 7.52. The van der Waals surface area contributed by atoms with Crippen molar-refractivity contribution in [3.63, 3.8) is 0 Å². The average Bonchev–Trinajstić information content (AvgIpc) is 2.38. The predicted octanol–water partition coefficient (Wildman–Crippen LogP) is 2.61. The Morgan fingerprint density at radius 3 is 2.22 bits per heavy atom. The van der Waals surface area contributed by atoms with Crippen LogP contribution in [0, 0.1) is 0 Å². The van der Waals surface area contributed by atoms with E-state index < -0.39 is 0 Å². The molecule has 0 bridgehead atoms. The molecule has 0 aliphatic carbocycles. The summed E-state index contributed by atoms with van der Waals surface area (Å²) in [6, 6.07) is 9.04. The van der Waals surface area contributed by atoms with Crippen LogP contribution in [0.15, 0.2) is 24.3 Å². The molecule has 0 aliphatic rings. The van der Waals surface area contributed by atoms with Gasteiger partial charge in [0.2, 0.25) is 0 Å². The minimum Gasteiger partial charge on any atom is -0.382 e. The summed E-state index contributed by atoms with van der Waals surface area (Å²) >= 11 is 0. The quantitative estimate of drug-likeness (QED) is 0.577. The van der Waals surface area contributed by atoms with Gasteiger partial charge in [-0.05, 0) is 36.8 Å². The van der Waals surface area contributed by atoms with Crippen molar-refractivity contribution in [2.45, 2.75) is 51.7 Å². The summed E-state index contributed by atoms with van der Waals surface area (Å²) in [6.45, 7) is 6.48. The Bertz CT molecular complexity index is 335. The highest BCUT2D eigenvalue weighted by atomic mass is 16.5. The highest BCUT2D eigenvalue weighted by Gasteiger charge is 2.12. The largest absolute Gasteiger partial charge is 0.382 e. The van der Waals surface area contributed by atoms with Crippen LogP contribution in [0.4, 0.5) is 0 Å². The van der Waals surface area contributed by atoms with Gasteiger partial charge >= 0.3 is 0 Å². The molecule has 1 rings (SSSR count). The van der Waals surface area contributed by atoms with Crippen LogP contribution in [0.2, 0.25) is 0 Å². The van der Waals surface area contributed by atoms with Gasteiger partial charge in [0.15, 0.2) is 0 Å². The number of hydrazine groups is 1. The lowest BCUT2D eigenvalue weighted by molar-refractivity contribution is 0.100. The van der Waals surface area contributed by atoms with Crippen molar-refractivity contribution in [1.82, 2.24) is 5.43 Å². The van der Waals surface area contributed by atoms with Crippen molar-refractivity contribution in [1.29, 1.82) is 0 Å². The van der Waals surface area contributed by atoms with E-state index in [0.29, 0.717) is 5.92 Å². The lowest BCUT2D eigenvalue weighted by Crippen LogP contribution is -2.39. The molecule has 0 spiro atoms. The Balaban J connectivity index is 2.59. The number of ether oxygens (including phenoxy) is 1. The standard InChI is InChI=1S/C15H26N2O/c1-11(2)14-7-5-13(6-8-14)10-15(17-16)9-12(3)18-4/h5-8,11-12,15,17H,9-10,16H2,1-4H3. The molecule has 0 amide bonds. The van der Waals surface area contributed by atoms with E-state index in [2.05, 4.69) is 50.5 Å². The molecule has 2 unspecified atom stereocenters. The Hall–Kier alpha value is -0.900. The first-order valence-electron chi connectivity index (χ1n) is 6.64. The van der Waals surface area contributed by atoms with Gasteiger partial charge in [-0.1, -0.05) is 38.1 Å². The van der Waals surface area contributed by atoms with Crippen molar-refractivity contribution in [2.24, 2.45) is 5.84 Å². The molecule has 3 N–H and O–H groups in total. The molecule has 1 aromatic rings. The van der Waals surface area contributed by atoms with Gasteiger partial charge in [0.25, 0.3) is 0 Å². The first-order valence-corrected chi connectivity index (χ1v) is 6.64. The number of rotatable bonds is 7. The van der Waals surface area contributed by atoms with Gasteiger partial charge in [-0.15, -0.1) is 0 Å². The summed E-state index contributed by atoms with van der Waals surface area (Å²) in [6.07, 6.45) is 2.07. The maximum atomic E-state index is 5.60. The van der Waals surface area contributed by atoms with Crippen LogP contribution in [-0.4, -0.2) is 19.3 Å². The van der Waals surface area contributed by atoms with E-state index in [1.165, 1.54) is 11.1 Å². The predicted molar refractivity (Wildman–Crippen MR) is 76.4 cm³/mol. The average molecular weight is 250 g/mol. The fourth-order valence-electron chi connectivity index (χ4n) is 2.03. The van der Waals surface area contributed by atoms with E-state index in [9.17, 15) is 0 Å². The van der Waals surface area contributed by atoms with Crippen molar-refractivity contribution >= 4 is 0 Å². The van der Waals surface area contributed by atoms with Crippen LogP contribution in [0.5, 0.6) is 0 Å². The van der Waals surface area contributed by atoms with Crippen LogP contribution in [0.25, 0.3) is 0 Å². The molecule has 0 fully saturated rings. The Morgan fingerprint density at radius 1 is 1.17 bits per heavy atom. The number of hydrogen-bond donors (Lipinski definition) is 2. The molecule has 0 aliphatic heterocycles. The molecule has 3 nitrogen and oxygen atoms in total. The van der Waals surface area contributed by atoms with Crippen molar-refractivity contribution in [2.75, 3.05) is 7.11 Å².